The average Bonchev–Trinajstić information content (AvgIpc) is 2.99. The summed E-state index contributed by atoms with van der Waals surface area (Å²) in [6.07, 6.45) is 2.78. The Bertz CT molecular complexity index is 416. The Morgan fingerprint density at radius 2 is 2.31 bits per heavy atom. The van der Waals surface area contributed by atoms with E-state index in [0.29, 0.717) is 18.0 Å². The summed E-state index contributed by atoms with van der Waals surface area (Å²) in [6.45, 7) is 1.83. The molecule has 1 atom stereocenters. The summed E-state index contributed by atoms with van der Waals surface area (Å²) in [4.78, 5) is 14.7. The molecule has 1 aliphatic rings. The molecule has 0 radical (unpaired) electrons. The van der Waals surface area contributed by atoms with Crippen molar-refractivity contribution in [3.05, 3.63) is 33.6 Å². The van der Waals surface area contributed by atoms with Crippen molar-refractivity contribution in [3.8, 4) is 0 Å². The predicted molar refractivity (Wildman–Crippen MR) is 60.0 cm³/mol. The number of nitrogens with two attached hydrogens (primary N) is 1. The highest BCUT2D eigenvalue weighted by atomic mass is 16.6. The van der Waals surface area contributed by atoms with Gasteiger partial charge in [-0.05, 0) is 31.7 Å². The van der Waals surface area contributed by atoms with Crippen molar-refractivity contribution in [3.63, 3.8) is 0 Å². The molecule has 1 aliphatic carbocycles. The molecule has 0 aliphatic heterocycles. The summed E-state index contributed by atoms with van der Waals surface area (Å²) in [6, 6.07) is 3.18. The standard InChI is InChI=1S/C11H15N3O2/c1-7-2-5-11(14(15)16)10(13-7)6-9(12)8-3-4-8/h2,5,8-9H,3-4,6,12H2,1H3. The van der Waals surface area contributed by atoms with Crippen molar-refractivity contribution in [2.24, 2.45) is 11.7 Å². The first kappa shape index (κ1) is 11.0. The van der Waals surface area contributed by atoms with E-state index in [9.17, 15) is 10.1 Å². The van der Waals surface area contributed by atoms with Crippen LogP contribution in [0.25, 0.3) is 0 Å². The van der Waals surface area contributed by atoms with Crippen LogP contribution < -0.4 is 5.73 Å². The van der Waals surface area contributed by atoms with Crippen LogP contribution in [0.1, 0.15) is 24.2 Å². The Balaban J connectivity index is 2.22. The first-order valence-electron chi connectivity index (χ1n) is 5.44. The Morgan fingerprint density at radius 3 is 2.88 bits per heavy atom. The number of nitro groups is 1. The number of nitrogens with zero attached hydrogens (tertiary/aromatic N) is 2. The highest BCUT2D eigenvalue weighted by molar-refractivity contribution is 5.36. The highest BCUT2D eigenvalue weighted by Gasteiger charge is 2.30. The Morgan fingerprint density at radius 1 is 1.62 bits per heavy atom. The van der Waals surface area contributed by atoms with Crippen LogP contribution in [0.5, 0.6) is 0 Å². The highest BCUT2D eigenvalue weighted by Crippen LogP contribution is 2.33. The molecule has 16 heavy (non-hydrogen) atoms. The molecule has 1 fully saturated rings. The van der Waals surface area contributed by atoms with E-state index in [1.54, 1.807) is 6.07 Å². The number of aryl methyl sites for hydroxylation is 1. The first-order valence-corrected chi connectivity index (χ1v) is 5.44. The summed E-state index contributed by atoms with van der Waals surface area (Å²) >= 11 is 0. The van der Waals surface area contributed by atoms with Gasteiger partial charge in [-0.1, -0.05) is 0 Å². The maximum atomic E-state index is 10.8. The minimum atomic E-state index is -0.388. The Kier molecular flexibility index (Phi) is 2.87. The van der Waals surface area contributed by atoms with Crippen molar-refractivity contribution >= 4 is 5.69 Å². The predicted octanol–water partition coefficient (Wildman–Crippen LogP) is 1.58. The second-order valence-corrected chi connectivity index (χ2v) is 4.38. The number of aromatic nitrogens is 1. The summed E-state index contributed by atoms with van der Waals surface area (Å²) in [5, 5.41) is 10.8. The summed E-state index contributed by atoms with van der Waals surface area (Å²) in [5.41, 5.74) is 7.37. The molecular weight excluding hydrogens is 206 g/mol. The third-order valence-corrected chi connectivity index (χ3v) is 2.94. The Hall–Kier alpha value is -1.49. The third-order valence-electron chi connectivity index (χ3n) is 2.94. The minimum Gasteiger partial charge on any atom is -0.327 e. The summed E-state index contributed by atoms with van der Waals surface area (Å²) in [5.74, 6) is 0.530. The fraction of sp³-hybridized carbons (Fsp3) is 0.545. The topological polar surface area (TPSA) is 82.0 Å². The lowest BCUT2D eigenvalue weighted by Crippen LogP contribution is -2.26. The fourth-order valence-electron chi connectivity index (χ4n) is 1.83. The molecule has 0 spiro atoms. The normalized spacial score (nSPS) is 17.1. The van der Waals surface area contributed by atoms with E-state index >= 15 is 0 Å². The van der Waals surface area contributed by atoms with Crippen molar-refractivity contribution < 1.29 is 4.92 Å². The lowest BCUT2D eigenvalue weighted by molar-refractivity contribution is -0.386. The van der Waals surface area contributed by atoms with Crippen molar-refractivity contribution in [1.29, 1.82) is 0 Å². The van der Waals surface area contributed by atoms with Gasteiger partial charge in [-0.25, -0.2) is 0 Å². The number of rotatable bonds is 4. The van der Waals surface area contributed by atoms with Crippen LogP contribution in [0.15, 0.2) is 12.1 Å². The molecule has 5 heteroatoms. The van der Waals surface area contributed by atoms with E-state index < -0.39 is 0 Å². The fourth-order valence-corrected chi connectivity index (χ4v) is 1.83. The van der Waals surface area contributed by atoms with Gasteiger partial charge >= 0.3 is 0 Å². The van der Waals surface area contributed by atoms with Crippen LogP contribution >= 0.6 is 0 Å². The number of hydrogen-bond acceptors (Lipinski definition) is 4. The van der Waals surface area contributed by atoms with Crippen molar-refractivity contribution in [2.75, 3.05) is 0 Å². The SMILES string of the molecule is Cc1ccc([N+](=O)[O-])c(CC(N)C2CC2)n1. The van der Waals surface area contributed by atoms with Crippen LogP contribution in [0, 0.1) is 23.0 Å². The monoisotopic (exact) mass is 221 g/mol. The van der Waals surface area contributed by atoms with Crippen LogP contribution in [-0.2, 0) is 6.42 Å². The zero-order valence-corrected chi connectivity index (χ0v) is 9.22. The van der Waals surface area contributed by atoms with E-state index in [-0.39, 0.29) is 16.7 Å². The largest absolute Gasteiger partial charge is 0.327 e. The van der Waals surface area contributed by atoms with Crippen LogP contribution in [0.3, 0.4) is 0 Å². The van der Waals surface area contributed by atoms with Crippen molar-refractivity contribution in [2.45, 2.75) is 32.2 Å². The molecular formula is C11H15N3O2. The molecule has 1 aromatic heterocycles. The van der Waals surface area contributed by atoms with Gasteiger partial charge in [0.25, 0.3) is 5.69 Å². The van der Waals surface area contributed by atoms with E-state index in [1.165, 1.54) is 6.07 Å². The molecule has 0 saturated heterocycles. The Labute approximate surface area is 93.8 Å². The van der Waals surface area contributed by atoms with Crippen LogP contribution in [0.2, 0.25) is 0 Å². The zero-order valence-electron chi connectivity index (χ0n) is 9.22. The molecule has 0 aromatic carbocycles. The van der Waals surface area contributed by atoms with Gasteiger partial charge in [0.2, 0.25) is 0 Å². The number of pyridine rings is 1. The van der Waals surface area contributed by atoms with Gasteiger partial charge in [0.15, 0.2) is 0 Å². The minimum absolute atomic E-state index is 0.00741. The molecule has 0 amide bonds. The molecule has 1 aromatic rings. The molecule has 1 saturated carbocycles. The average molecular weight is 221 g/mol. The van der Waals surface area contributed by atoms with Gasteiger partial charge in [-0.2, -0.15) is 0 Å². The lowest BCUT2D eigenvalue weighted by Gasteiger charge is -2.09. The smallest absolute Gasteiger partial charge is 0.290 e. The number of hydrogen-bond donors (Lipinski definition) is 1. The molecule has 86 valence electrons. The van der Waals surface area contributed by atoms with Crippen molar-refractivity contribution in [1.82, 2.24) is 4.98 Å². The van der Waals surface area contributed by atoms with Gasteiger partial charge in [-0.15, -0.1) is 0 Å². The molecule has 5 nitrogen and oxygen atoms in total. The van der Waals surface area contributed by atoms with E-state index in [1.807, 2.05) is 6.92 Å². The van der Waals surface area contributed by atoms with Gasteiger partial charge in [0.1, 0.15) is 5.69 Å². The lowest BCUT2D eigenvalue weighted by atomic mass is 10.1. The van der Waals surface area contributed by atoms with E-state index in [4.69, 9.17) is 5.73 Å². The maximum absolute atomic E-state index is 10.8. The maximum Gasteiger partial charge on any atom is 0.290 e. The van der Waals surface area contributed by atoms with Gasteiger partial charge in [-0.3, -0.25) is 15.1 Å². The summed E-state index contributed by atoms with van der Waals surface area (Å²) in [7, 11) is 0. The van der Waals surface area contributed by atoms with Crippen LogP contribution in [0.4, 0.5) is 5.69 Å². The molecule has 1 unspecified atom stereocenters. The van der Waals surface area contributed by atoms with E-state index in [0.717, 1.165) is 18.5 Å². The van der Waals surface area contributed by atoms with Gasteiger partial charge < -0.3 is 5.73 Å². The van der Waals surface area contributed by atoms with Gasteiger partial charge in [0.05, 0.1) is 4.92 Å². The molecule has 1 heterocycles. The second kappa shape index (κ2) is 4.17. The molecule has 2 rings (SSSR count). The third kappa shape index (κ3) is 2.36. The van der Waals surface area contributed by atoms with Crippen LogP contribution in [-0.4, -0.2) is 15.9 Å². The second-order valence-electron chi connectivity index (χ2n) is 4.38. The quantitative estimate of drug-likeness (QED) is 0.618. The van der Waals surface area contributed by atoms with E-state index in [2.05, 4.69) is 4.98 Å². The first-order chi connectivity index (χ1) is 7.58. The summed E-state index contributed by atoms with van der Waals surface area (Å²) < 4.78 is 0. The molecule has 0 bridgehead atoms. The zero-order chi connectivity index (χ0) is 11.7. The molecule has 2 N–H and O–H groups in total. The van der Waals surface area contributed by atoms with Gasteiger partial charge in [0, 0.05) is 24.2 Å².